The highest BCUT2D eigenvalue weighted by Gasteiger charge is 2.59. The Balaban J connectivity index is 1.26. The summed E-state index contributed by atoms with van der Waals surface area (Å²) in [6.45, 7) is 6.13. The molecule has 222 valence electrons. The van der Waals surface area contributed by atoms with E-state index in [-0.39, 0.29) is 24.4 Å². The van der Waals surface area contributed by atoms with Crippen LogP contribution in [-0.4, -0.2) is 20.3 Å². The lowest BCUT2D eigenvalue weighted by atomic mass is 9.58. The van der Waals surface area contributed by atoms with E-state index in [1.165, 1.54) is 66.1 Å². The van der Waals surface area contributed by atoms with Crippen molar-refractivity contribution in [2.24, 2.45) is 17.8 Å². The van der Waals surface area contributed by atoms with Gasteiger partial charge in [-0.25, -0.2) is 0 Å². The summed E-state index contributed by atoms with van der Waals surface area (Å²) in [5.41, 5.74) is 14.1. The summed E-state index contributed by atoms with van der Waals surface area (Å²) < 4.78 is 12.3. The molecule has 0 aromatic heterocycles. The van der Waals surface area contributed by atoms with Crippen molar-refractivity contribution >= 4 is 39.7 Å². The fourth-order valence-electron chi connectivity index (χ4n) is 9.93. The van der Waals surface area contributed by atoms with Gasteiger partial charge in [-0.05, 0) is 95.4 Å². The largest absolute Gasteiger partial charge is 0.495 e. The van der Waals surface area contributed by atoms with E-state index in [0.29, 0.717) is 19.1 Å². The highest BCUT2D eigenvalue weighted by atomic mass is 16.6. The van der Waals surface area contributed by atoms with Gasteiger partial charge in [-0.2, -0.15) is 0 Å². The number of hydrogen-bond donors (Lipinski definition) is 0. The Morgan fingerprint density at radius 2 is 1.20 bits per heavy atom. The van der Waals surface area contributed by atoms with Gasteiger partial charge in [-0.3, -0.25) is 0 Å². The zero-order valence-corrected chi connectivity index (χ0v) is 26.3. The third-order valence-corrected chi connectivity index (χ3v) is 11.6. The molecule has 1 aliphatic heterocycles. The third-order valence-electron chi connectivity index (χ3n) is 11.6. The monoisotopic (exact) mass is 594 g/mol. The Morgan fingerprint density at radius 3 is 1.83 bits per heavy atom. The second-order valence-electron chi connectivity index (χ2n) is 13.8. The summed E-state index contributed by atoms with van der Waals surface area (Å²) in [6.07, 6.45) is 10.9. The van der Waals surface area contributed by atoms with Crippen LogP contribution in [0.1, 0.15) is 37.0 Å². The van der Waals surface area contributed by atoms with Crippen LogP contribution in [0.25, 0.3) is 38.2 Å². The first kappa shape index (κ1) is 26.8. The van der Waals surface area contributed by atoms with Crippen LogP contribution in [-0.2, 0) is 14.7 Å². The van der Waals surface area contributed by atoms with E-state index in [0.717, 1.165) is 11.9 Å². The lowest BCUT2D eigenvalue weighted by molar-refractivity contribution is 0.365. The molecule has 0 amide bonds. The topological polar surface area (TPSA) is 18.5 Å². The first-order chi connectivity index (χ1) is 22.7. The number of allylic oxidation sites excluding steroid dienone is 8. The van der Waals surface area contributed by atoms with E-state index in [9.17, 15) is 0 Å². The molecule has 5 aromatic carbocycles. The molecule has 3 heteroatoms. The quantitative estimate of drug-likeness (QED) is 0.150. The molecule has 0 N–H and O–H groups in total. The Bertz CT molecular complexity index is 2140. The van der Waals surface area contributed by atoms with Crippen molar-refractivity contribution in [1.29, 1.82) is 0 Å². The smallest absolute Gasteiger partial charge is 0.405 e. The molecule has 0 bridgehead atoms. The molecular formula is C43H35BO2. The summed E-state index contributed by atoms with van der Waals surface area (Å²) >= 11 is 0. The van der Waals surface area contributed by atoms with E-state index in [1.807, 2.05) is 0 Å². The first-order valence-electron chi connectivity index (χ1n) is 16.9. The number of hydrogen-bond acceptors (Lipinski definition) is 2. The highest BCUT2D eigenvalue weighted by molar-refractivity contribution is 6.68. The molecule has 0 saturated carbocycles. The fraction of sp³-hybridized carbons (Fsp3) is 0.209. The normalized spacial score (nSPS) is 23.9. The van der Waals surface area contributed by atoms with Gasteiger partial charge < -0.3 is 9.31 Å². The van der Waals surface area contributed by atoms with Crippen molar-refractivity contribution in [3.05, 3.63) is 155 Å². The molecule has 3 atom stereocenters. The molecule has 1 fully saturated rings. The molecule has 1 spiro atoms. The van der Waals surface area contributed by atoms with Crippen LogP contribution in [0, 0.1) is 17.8 Å². The minimum Gasteiger partial charge on any atom is -0.405 e. The second kappa shape index (κ2) is 9.78. The zero-order chi connectivity index (χ0) is 30.6. The Labute approximate surface area is 270 Å². The van der Waals surface area contributed by atoms with E-state index in [1.54, 1.807) is 5.57 Å². The SMILES string of the molecule is CC1C=CC2=C(C1)C1(c3ccccc3-c3ccccc31)C1C2=CC=C(c2c3ccccc3c(B3OCCO3)c3ccccc23)C1C. The summed E-state index contributed by atoms with van der Waals surface area (Å²) in [6, 6.07) is 36.3. The van der Waals surface area contributed by atoms with Gasteiger partial charge in [0.25, 0.3) is 0 Å². The van der Waals surface area contributed by atoms with Crippen molar-refractivity contribution in [2.45, 2.75) is 25.7 Å². The molecule has 10 rings (SSSR count). The molecule has 1 saturated heterocycles. The predicted octanol–water partition coefficient (Wildman–Crippen LogP) is 9.18. The van der Waals surface area contributed by atoms with E-state index in [2.05, 4.69) is 135 Å². The maximum Gasteiger partial charge on any atom is 0.495 e. The van der Waals surface area contributed by atoms with Crippen LogP contribution in [0.4, 0.5) is 0 Å². The maximum absolute atomic E-state index is 6.15. The van der Waals surface area contributed by atoms with Gasteiger partial charge in [0, 0.05) is 5.92 Å². The zero-order valence-electron chi connectivity index (χ0n) is 26.3. The van der Waals surface area contributed by atoms with Gasteiger partial charge in [-0.1, -0.05) is 135 Å². The third kappa shape index (κ3) is 3.35. The Kier molecular flexibility index (Phi) is 5.69. The Hall–Kier alpha value is -4.44. The van der Waals surface area contributed by atoms with Crippen LogP contribution in [0.3, 0.4) is 0 Å². The molecule has 4 aliphatic carbocycles. The maximum atomic E-state index is 6.15. The van der Waals surface area contributed by atoms with Gasteiger partial charge in [-0.15, -0.1) is 0 Å². The van der Waals surface area contributed by atoms with Crippen molar-refractivity contribution < 1.29 is 9.31 Å². The average molecular weight is 595 g/mol. The van der Waals surface area contributed by atoms with Crippen molar-refractivity contribution in [3.8, 4) is 11.1 Å². The number of fused-ring (bicyclic) bond motifs is 11. The highest BCUT2D eigenvalue weighted by Crippen LogP contribution is 2.68. The summed E-state index contributed by atoms with van der Waals surface area (Å²) in [7, 11) is -0.345. The van der Waals surface area contributed by atoms with Crippen molar-refractivity contribution in [3.63, 3.8) is 0 Å². The number of benzene rings is 5. The van der Waals surface area contributed by atoms with E-state index >= 15 is 0 Å². The van der Waals surface area contributed by atoms with Crippen LogP contribution < -0.4 is 5.46 Å². The molecule has 5 aliphatic rings. The van der Waals surface area contributed by atoms with Gasteiger partial charge in [0.15, 0.2) is 0 Å². The minimum absolute atomic E-state index is 0.191. The number of rotatable bonds is 2. The standard InChI is InChI=1S/C43H35BO2/c1-26-19-20-31-34-22-21-28(40-32-13-3-5-15-35(32)42(44-45-23-24-46-44)36-16-6-4-14-33(36)40)27(2)41(34)43(39(31)25-26)37-17-9-7-11-29(37)30-12-8-10-18-38(30)43/h3-22,26-27,41H,23-25H2,1-2H3. The molecule has 0 radical (unpaired) electrons. The van der Waals surface area contributed by atoms with Crippen molar-refractivity contribution in [2.75, 3.05) is 13.2 Å². The lowest BCUT2D eigenvalue weighted by Gasteiger charge is -2.43. The van der Waals surface area contributed by atoms with Crippen molar-refractivity contribution in [1.82, 2.24) is 0 Å². The summed E-state index contributed by atoms with van der Waals surface area (Å²) in [5, 5.41) is 4.99. The first-order valence-corrected chi connectivity index (χ1v) is 16.9. The van der Waals surface area contributed by atoms with Crippen LogP contribution in [0.15, 0.2) is 138 Å². The van der Waals surface area contributed by atoms with Gasteiger partial charge in [0.05, 0.1) is 18.6 Å². The van der Waals surface area contributed by atoms with Crippen LogP contribution in [0.5, 0.6) is 0 Å². The van der Waals surface area contributed by atoms with Gasteiger partial charge >= 0.3 is 7.12 Å². The average Bonchev–Trinajstić information content (AvgIpc) is 3.80. The lowest BCUT2D eigenvalue weighted by Crippen LogP contribution is -2.39. The van der Waals surface area contributed by atoms with Crippen LogP contribution >= 0.6 is 0 Å². The molecule has 1 heterocycles. The van der Waals surface area contributed by atoms with Crippen LogP contribution in [0.2, 0.25) is 0 Å². The minimum atomic E-state index is -0.345. The molecule has 5 aromatic rings. The molecule has 2 nitrogen and oxygen atoms in total. The molecule has 46 heavy (non-hydrogen) atoms. The Morgan fingerprint density at radius 1 is 0.652 bits per heavy atom. The fourth-order valence-corrected chi connectivity index (χ4v) is 9.93. The second-order valence-corrected chi connectivity index (χ2v) is 13.8. The summed E-state index contributed by atoms with van der Waals surface area (Å²) in [5.74, 6) is 1.07. The summed E-state index contributed by atoms with van der Waals surface area (Å²) in [4.78, 5) is 0. The molecular weight excluding hydrogens is 559 g/mol. The van der Waals surface area contributed by atoms with E-state index in [4.69, 9.17) is 9.31 Å². The van der Waals surface area contributed by atoms with Gasteiger partial charge in [0.2, 0.25) is 0 Å². The molecule has 3 unspecified atom stereocenters. The van der Waals surface area contributed by atoms with Gasteiger partial charge in [0.1, 0.15) is 0 Å². The predicted molar refractivity (Wildman–Crippen MR) is 190 cm³/mol. The van der Waals surface area contributed by atoms with E-state index < -0.39 is 0 Å².